The van der Waals surface area contributed by atoms with Crippen LogP contribution in [0.2, 0.25) is 0 Å². The van der Waals surface area contributed by atoms with E-state index in [4.69, 9.17) is 11.6 Å². The highest BCUT2D eigenvalue weighted by Gasteiger charge is 1.99. The van der Waals surface area contributed by atoms with Gasteiger partial charge in [-0.25, -0.2) is 0 Å². The first-order valence-corrected chi connectivity index (χ1v) is 5.07. The quantitative estimate of drug-likeness (QED) is 0.481. The first-order valence-electron chi connectivity index (χ1n) is 4.69. The average molecular weight is 177 g/mol. The van der Waals surface area contributed by atoms with Gasteiger partial charge in [0.25, 0.3) is 0 Å². The van der Waals surface area contributed by atoms with Gasteiger partial charge in [0.05, 0.1) is 0 Å². The second-order valence-electron chi connectivity index (χ2n) is 4.19. The molecule has 1 aliphatic carbocycles. The summed E-state index contributed by atoms with van der Waals surface area (Å²) in [4.78, 5) is -0.0278. The summed E-state index contributed by atoms with van der Waals surface area (Å²) in [5.41, 5.74) is 0. The number of hydrogen-bond donors (Lipinski definition) is 0. The number of hydrogen-bond acceptors (Lipinski definition) is 0. The topological polar surface area (TPSA) is 0 Å². The molecule has 1 fully saturated rings. The van der Waals surface area contributed by atoms with Crippen molar-refractivity contribution in [2.45, 2.75) is 64.2 Å². The van der Waals surface area contributed by atoms with Crippen LogP contribution in [0.3, 0.4) is 0 Å². The normalized spacial score (nSPS) is 18.5. The molecule has 0 aliphatic heterocycles. The summed E-state index contributed by atoms with van der Waals surface area (Å²) in [7, 11) is 0. The SMILES string of the molecule is C1CCCCC1.CC(C)(C)Cl. The van der Waals surface area contributed by atoms with Crippen molar-refractivity contribution in [3.8, 4) is 0 Å². The Hall–Kier alpha value is 0.290. The third-order valence-corrected chi connectivity index (χ3v) is 1.50. The number of alkyl halides is 1. The van der Waals surface area contributed by atoms with Crippen LogP contribution in [0.25, 0.3) is 0 Å². The second kappa shape index (κ2) is 5.88. The van der Waals surface area contributed by atoms with Gasteiger partial charge < -0.3 is 0 Å². The van der Waals surface area contributed by atoms with Gasteiger partial charge in [0.1, 0.15) is 0 Å². The van der Waals surface area contributed by atoms with Crippen molar-refractivity contribution in [1.82, 2.24) is 0 Å². The molecule has 0 bridgehead atoms. The van der Waals surface area contributed by atoms with Gasteiger partial charge in [-0.1, -0.05) is 38.5 Å². The van der Waals surface area contributed by atoms with E-state index in [1.165, 1.54) is 38.5 Å². The first kappa shape index (κ1) is 11.3. The van der Waals surface area contributed by atoms with Crippen molar-refractivity contribution in [2.24, 2.45) is 0 Å². The maximum atomic E-state index is 5.53. The molecule has 0 nitrogen and oxygen atoms in total. The van der Waals surface area contributed by atoms with Crippen molar-refractivity contribution in [1.29, 1.82) is 0 Å². The zero-order chi connectivity index (χ0) is 8.74. The molecule has 0 aromatic rings. The Morgan fingerprint density at radius 2 is 0.818 bits per heavy atom. The van der Waals surface area contributed by atoms with Crippen molar-refractivity contribution < 1.29 is 0 Å². The summed E-state index contributed by atoms with van der Waals surface area (Å²) < 4.78 is 0. The number of rotatable bonds is 0. The van der Waals surface area contributed by atoms with Crippen LogP contribution in [-0.2, 0) is 0 Å². The Labute approximate surface area is 76.3 Å². The predicted octanol–water partition coefficient (Wildman–Crippen LogP) is 4.36. The molecule has 0 spiro atoms. The monoisotopic (exact) mass is 176 g/mol. The first-order chi connectivity index (χ1) is 5.00. The van der Waals surface area contributed by atoms with Gasteiger partial charge >= 0.3 is 0 Å². The van der Waals surface area contributed by atoms with E-state index in [1.807, 2.05) is 20.8 Å². The molecule has 11 heavy (non-hydrogen) atoms. The Bertz CT molecular complexity index is 59.9. The molecule has 1 rings (SSSR count). The molecule has 0 heterocycles. The maximum absolute atomic E-state index is 5.53. The van der Waals surface area contributed by atoms with Gasteiger partial charge in [-0.15, -0.1) is 11.6 Å². The second-order valence-corrected chi connectivity index (χ2v) is 5.32. The van der Waals surface area contributed by atoms with Crippen LogP contribution < -0.4 is 0 Å². The minimum absolute atomic E-state index is 0.0278. The molecule has 0 unspecified atom stereocenters. The lowest BCUT2D eigenvalue weighted by molar-refractivity contribution is 0.504. The molecule has 0 atom stereocenters. The van der Waals surface area contributed by atoms with Crippen LogP contribution in [0.1, 0.15) is 59.3 Å². The van der Waals surface area contributed by atoms with Crippen LogP contribution in [0.5, 0.6) is 0 Å². The largest absolute Gasteiger partial charge is 0.120 e. The highest BCUT2D eigenvalue weighted by Crippen LogP contribution is 2.15. The van der Waals surface area contributed by atoms with E-state index in [0.717, 1.165) is 0 Å². The lowest BCUT2D eigenvalue weighted by atomic mass is 10.0. The van der Waals surface area contributed by atoms with Crippen LogP contribution in [0.15, 0.2) is 0 Å². The van der Waals surface area contributed by atoms with E-state index in [-0.39, 0.29) is 4.87 Å². The zero-order valence-corrected chi connectivity index (χ0v) is 8.88. The van der Waals surface area contributed by atoms with Crippen molar-refractivity contribution in [2.75, 3.05) is 0 Å². The minimum atomic E-state index is -0.0278. The molecule has 0 aromatic heterocycles. The zero-order valence-electron chi connectivity index (χ0n) is 8.12. The predicted molar refractivity (Wildman–Crippen MR) is 53.3 cm³/mol. The van der Waals surface area contributed by atoms with Gasteiger partial charge in [0.2, 0.25) is 0 Å². The fourth-order valence-corrected chi connectivity index (χ4v) is 1.06. The molecular formula is C10H21Cl. The summed E-state index contributed by atoms with van der Waals surface area (Å²) in [6, 6.07) is 0. The van der Waals surface area contributed by atoms with Crippen molar-refractivity contribution >= 4 is 11.6 Å². The molecule has 0 saturated heterocycles. The summed E-state index contributed by atoms with van der Waals surface area (Å²) >= 11 is 5.53. The highest BCUT2D eigenvalue weighted by molar-refractivity contribution is 6.23. The van der Waals surface area contributed by atoms with Gasteiger partial charge in [-0.05, 0) is 20.8 Å². The molecule has 1 heteroatoms. The molecule has 1 aliphatic rings. The van der Waals surface area contributed by atoms with Crippen molar-refractivity contribution in [3.05, 3.63) is 0 Å². The van der Waals surface area contributed by atoms with Crippen molar-refractivity contribution in [3.63, 3.8) is 0 Å². The fourth-order valence-electron chi connectivity index (χ4n) is 1.06. The maximum Gasteiger partial charge on any atom is 0.0362 e. The molecule has 0 aromatic carbocycles. The molecular weight excluding hydrogens is 156 g/mol. The van der Waals surface area contributed by atoms with Gasteiger partial charge in [-0.2, -0.15) is 0 Å². The van der Waals surface area contributed by atoms with Crippen LogP contribution in [-0.4, -0.2) is 4.87 Å². The summed E-state index contributed by atoms with van der Waals surface area (Å²) in [5, 5.41) is 0. The van der Waals surface area contributed by atoms with Gasteiger partial charge in [0.15, 0.2) is 0 Å². The van der Waals surface area contributed by atoms with E-state index in [9.17, 15) is 0 Å². The Balaban J connectivity index is 0.000000187. The number of halogens is 1. The van der Waals surface area contributed by atoms with Gasteiger partial charge in [0, 0.05) is 4.87 Å². The van der Waals surface area contributed by atoms with Crippen LogP contribution in [0.4, 0.5) is 0 Å². The molecule has 0 amide bonds. The van der Waals surface area contributed by atoms with E-state index in [0.29, 0.717) is 0 Å². The third kappa shape index (κ3) is 17.9. The summed E-state index contributed by atoms with van der Waals surface area (Å²) in [6.07, 6.45) is 9.00. The molecule has 1 saturated carbocycles. The summed E-state index contributed by atoms with van der Waals surface area (Å²) in [5.74, 6) is 0. The Morgan fingerprint density at radius 1 is 0.727 bits per heavy atom. The highest BCUT2D eigenvalue weighted by atomic mass is 35.5. The standard InChI is InChI=1S/C6H12.C4H9Cl/c1-2-4-6-5-3-1;1-4(2,3)5/h1-6H2;1-3H3. The van der Waals surface area contributed by atoms with Gasteiger partial charge in [-0.3, -0.25) is 0 Å². The average Bonchev–Trinajstić information content (AvgIpc) is 1.88. The third-order valence-electron chi connectivity index (χ3n) is 1.50. The van der Waals surface area contributed by atoms with E-state index >= 15 is 0 Å². The molecule has 68 valence electrons. The van der Waals surface area contributed by atoms with E-state index in [1.54, 1.807) is 0 Å². The Kier molecular flexibility index (Phi) is 6.03. The van der Waals surface area contributed by atoms with E-state index < -0.39 is 0 Å². The van der Waals surface area contributed by atoms with Crippen LogP contribution in [0, 0.1) is 0 Å². The minimum Gasteiger partial charge on any atom is -0.120 e. The lowest BCUT2D eigenvalue weighted by Crippen LogP contribution is -1.99. The van der Waals surface area contributed by atoms with E-state index in [2.05, 4.69) is 0 Å². The fraction of sp³-hybridized carbons (Fsp3) is 1.00. The smallest absolute Gasteiger partial charge is 0.0362 e. The van der Waals surface area contributed by atoms with Crippen LogP contribution >= 0.6 is 11.6 Å². The molecule has 0 N–H and O–H groups in total. The lowest BCUT2D eigenvalue weighted by Gasteiger charge is -2.05. The summed E-state index contributed by atoms with van der Waals surface area (Å²) in [6.45, 7) is 5.86. The molecule has 0 radical (unpaired) electrons. The Morgan fingerprint density at radius 3 is 0.909 bits per heavy atom.